The molecule has 1 aliphatic heterocycles. The fraction of sp³-hybridized carbons (Fsp3) is 1.00. The van der Waals surface area contributed by atoms with Gasteiger partial charge in [0.2, 0.25) is 0 Å². The van der Waals surface area contributed by atoms with E-state index in [9.17, 15) is 0 Å². The maximum Gasteiger partial charge on any atom is 0.0624 e. The van der Waals surface area contributed by atoms with Gasteiger partial charge in [0.25, 0.3) is 0 Å². The van der Waals surface area contributed by atoms with E-state index in [-0.39, 0.29) is 11.5 Å². The summed E-state index contributed by atoms with van der Waals surface area (Å²) >= 11 is 0. The smallest absolute Gasteiger partial charge is 0.0624 e. The van der Waals surface area contributed by atoms with Gasteiger partial charge in [-0.25, -0.2) is 0 Å². The van der Waals surface area contributed by atoms with Gasteiger partial charge in [0.05, 0.1) is 13.2 Å². The van der Waals surface area contributed by atoms with Crippen molar-refractivity contribution in [3.63, 3.8) is 0 Å². The molecule has 88 valence electrons. The minimum absolute atomic E-state index is 0.165. The average Bonchev–Trinajstić information content (AvgIpc) is 2.40. The Morgan fingerprint density at radius 1 is 1.47 bits per heavy atom. The first-order chi connectivity index (χ1) is 7.10. The predicted molar refractivity (Wildman–Crippen MR) is 61.7 cm³/mol. The first-order valence-electron chi connectivity index (χ1n) is 6.12. The van der Waals surface area contributed by atoms with Crippen molar-refractivity contribution < 1.29 is 4.74 Å². The summed E-state index contributed by atoms with van der Waals surface area (Å²) in [5, 5.41) is 0. The molecule has 0 radical (unpaired) electrons. The van der Waals surface area contributed by atoms with Crippen LogP contribution < -0.4 is 5.73 Å². The molecule has 1 heterocycles. The highest BCUT2D eigenvalue weighted by Crippen LogP contribution is 2.30. The lowest BCUT2D eigenvalue weighted by Crippen LogP contribution is -2.47. The van der Waals surface area contributed by atoms with E-state index in [0.717, 1.165) is 25.7 Å². The second-order valence-corrected chi connectivity index (χ2v) is 5.77. The molecule has 3 nitrogen and oxygen atoms in total. The number of hydrogen-bond acceptors (Lipinski definition) is 3. The Balaban J connectivity index is 1.78. The Morgan fingerprint density at radius 3 is 2.67 bits per heavy atom. The van der Waals surface area contributed by atoms with E-state index in [1.165, 1.54) is 25.8 Å². The van der Waals surface area contributed by atoms with Gasteiger partial charge in [-0.2, -0.15) is 0 Å². The third-order valence-electron chi connectivity index (χ3n) is 4.05. The molecule has 2 rings (SSSR count). The summed E-state index contributed by atoms with van der Waals surface area (Å²) in [4.78, 5) is 2.44. The standard InChI is InChI=1S/C12H24N2O/c1-12(9-15-7-11(12)13)8-14(2)6-10-4-3-5-10/h10-11H,3-9,13H2,1-2H3. The zero-order valence-corrected chi connectivity index (χ0v) is 10.0. The monoisotopic (exact) mass is 212 g/mol. The Kier molecular flexibility index (Phi) is 3.33. The second kappa shape index (κ2) is 4.40. The highest BCUT2D eigenvalue weighted by atomic mass is 16.5. The van der Waals surface area contributed by atoms with Crippen molar-refractivity contribution in [3.8, 4) is 0 Å². The van der Waals surface area contributed by atoms with Crippen molar-refractivity contribution in [1.82, 2.24) is 4.90 Å². The van der Waals surface area contributed by atoms with Crippen LogP contribution in [0.2, 0.25) is 0 Å². The molecule has 0 bridgehead atoms. The van der Waals surface area contributed by atoms with Crippen molar-refractivity contribution in [2.45, 2.75) is 32.2 Å². The van der Waals surface area contributed by atoms with Crippen LogP contribution in [0.15, 0.2) is 0 Å². The van der Waals surface area contributed by atoms with Gasteiger partial charge in [-0.1, -0.05) is 13.3 Å². The Hall–Kier alpha value is -0.120. The van der Waals surface area contributed by atoms with E-state index in [1.807, 2.05) is 0 Å². The molecule has 0 spiro atoms. The van der Waals surface area contributed by atoms with Crippen molar-refractivity contribution in [1.29, 1.82) is 0 Å². The molecule has 1 saturated carbocycles. The third kappa shape index (κ3) is 2.52. The molecule has 0 aromatic carbocycles. The van der Waals surface area contributed by atoms with E-state index in [2.05, 4.69) is 18.9 Å². The van der Waals surface area contributed by atoms with E-state index in [0.29, 0.717) is 0 Å². The topological polar surface area (TPSA) is 38.5 Å². The molecular formula is C12H24N2O. The third-order valence-corrected chi connectivity index (χ3v) is 4.05. The van der Waals surface area contributed by atoms with Crippen molar-refractivity contribution in [2.24, 2.45) is 17.1 Å². The molecular weight excluding hydrogens is 188 g/mol. The second-order valence-electron chi connectivity index (χ2n) is 5.77. The van der Waals surface area contributed by atoms with Gasteiger partial charge in [-0.05, 0) is 25.8 Å². The summed E-state index contributed by atoms with van der Waals surface area (Å²) in [6, 6.07) is 0.210. The lowest BCUT2D eigenvalue weighted by atomic mass is 9.83. The summed E-state index contributed by atoms with van der Waals surface area (Å²) in [6.07, 6.45) is 4.27. The normalized spacial score (nSPS) is 37.2. The summed E-state index contributed by atoms with van der Waals surface area (Å²) in [7, 11) is 2.22. The first-order valence-corrected chi connectivity index (χ1v) is 6.12. The number of ether oxygens (including phenoxy) is 1. The van der Waals surface area contributed by atoms with Crippen LogP contribution in [0.1, 0.15) is 26.2 Å². The van der Waals surface area contributed by atoms with E-state index in [4.69, 9.17) is 10.5 Å². The van der Waals surface area contributed by atoms with Crippen molar-refractivity contribution in [3.05, 3.63) is 0 Å². The molecule has 2 N–H and O–H groups in total. The number of nitrogens with two attached hydrogens (primary N) is 1. The van der Waals surface area contributed by atoms with Crippen LogP contribution in [0, 0.1) is 11.3 Å². The molecule has 0 aromatic rings. The van der Waals surface area contributed by atoms with Crippen molar-refractivity contribution >= 4 is 0 Å². The highest BCUT2D eigenvalue weighted by Gasteiger charge is 2.38. The fourth-order valence-corrected chi connectivity index (χ4v) is 2.69. The Bertz CT molecular complexity index is 218. The SMILES string of the molecule is CN(CC1CCC1)CC1(C)COCC1N. The maximum absolute atomic E-state index is 6.09. The van der Waals surface area contributed by atoms with Crippen molar-refractivity contribution in [2.75, 3.05) is 33.4 Å². The summed E-state index contributed by atoms with van der Waals surface area (Å²) in [5.74, 6) is 0.942. The minimum atomic E-state index is 0.165. The van der Waals surface area contributed by atoms with Crippen LogP contribution in [0.3, 0.4) is 0 Å². The van der Waals surface area contributed by atoms with E-state index < -0.39 is 0 Å². The van der Waals surface area contributed by atoms with Crippen LogP contribution in [0.5, 0.6) is 0 Å². The summed E-state index contributed by atoms with van der Waals surface area (Å²) in [6.45, 7) is 6.12. The van der Waals surface area contributed by atoms with E-state index >= 15 is 0 Å². The molecule has 3 heteroatoms. The zero-order valence-electron chi connectivity index (χ0n) is 10.0. The minimum Gasteiger partial charge on any atom is -0.379 e. The predicted octanol–water partition coefficient (Wildman–Crippen LogP) is 1.08. The van der Waals surface area contributed by atoms with E-state index in [1.54, 1.807) is 0 Å². The van der Waals surface area contributed by atoms with Gasteiger partial charge in [0, 0.05) is 24.5 Å². The quantitative estimate of drug-likeness (QED) is 0.758. The highest BCUT2D eigenvalue weighted by molar-refractivity contribution is 4.92. The first kappa shape index (κ1) is 11.4. The van der Waals surface area contributed by atoms with Gasteiger partial charge >= 0.3 is 0 Å². The fourth-order valence-electron chi connectivity index (χ4n) is 2.69. The molecule has 2 fully saturated rings. The summed E-state index contributed by atoms with van der Waals surface area (Å²) in [5.41, 5.74) is 6.25. The zero-order chi connectivity index (χ0) is 10.9. The van der Waals surface area contributed by atoms with Crippen LogP contribution in [0.4, 0.5) is 0 Å². The molecule has 1 saturated heterocycles. The molecule has 2 atom stereocenters. The molecule has 0 amide bonds. The Labute approximate surface area is 93.0 Å². The number of rotatable bonds is 4. The van der Waals surface area contributed by atoms with Crippen LogP contribution in [0.25, 0.3) is 0 Å². The number of nitrogens with zero attached hydrogens (tertiary/aromatic N) is 1. The van der Waals surface area contributed by atoms with Gasteiger partial charge in [-0.3, -0.25) is 0 Å². The van der Waals surface area contributed by atoms with Crippen LogP contribution >= 0.6 is 0 Å². The molecule has 0 aromatic heterocycles. The number of hydrogen-bond donors (Lipinski definition) is 1. The maximum atomic E-state index is 6.09. The molecule has 2 unspecified atom stereocenters. The van der Waals surface area contributed by atoms with Gasteiger partial charge in [-0.15, -0.1) is 0 Å². The molecule has 15 heavy (non-hydrogen) atoms. The van der Waals surface area contributed by atoms with Crippen LogP contribution in [-0.2, 0) is 4.74 Å². The average molecular weight is 212 g/mol. The summed E-state index contributed by atoms with van der Waals surface area (Å²) < 4.78 is 5.47. The Morgan fingerprint density at radius 2 is 2.20 bits per heavy atom. The lowest BCUT2D eigenvalue weighted by Gasteiger charge is -2.36. The largest absolute Gasteiger partial charge is 0.379 e. The molecule has 1 aliphatic carbocycles. The van der Waals surface area contributed by atoms with Gasteiger partial charge in [0.15, 0.2) is 0 Å². The van der Waals surface area contributed by atoms with Gasteiger partial charge < -0.3 is 15.4 Å². The van der Waals surface area contributed by atoms with Crippen LogP contribution in [-0.4, -0.2) is 44.3 Å². The van der Waals surface area contributed by atoms with Gasteiger partial charge in [0.1, 0.15) is 0 Å². The molecule has 2 aliphatic rings. The lowest BCUT2D eigenvalue weighted by molar-refractivity contribution is 0.112.